The summed E-state index contributed by atoms with van der Waals surface area (Å²) in [7, 11) is 0. The molecular weight excluding hydrogens is 265 g/mol. The summed E-state index contributed by atoms with van der Waals surface area (Å²) in [6, 6.07) is 8.25. The first-order valence-corrected chi connectivity index (χ1v) is 6.37. The Kier molecular flexibility index (Phi) is 2.92. The first-order chi connectivity index (χ1) is 9.24. The van der Waals surface area contributed by atoms with Gasteiger partial charge in [-0.2, -0.15) is 4.39 Å². The number of hydrogen-bond donors (Lipinski definition) is 1. The fourth-order valence-corrected chi connectivity index (χ4v) is 2.40. The maximum atomic E-state index is 13.4. The second-order valence-electron chi connectivity index (χ2n) is 3.83. The smallest absolute Gasteiger partial charge is 0.260 e. The molecule has 0 bridgehead atoms. The van der Waals surface area contributed by atoms with Crippen LogP contribution in [-0.2, 0) is 0 Å². The molecule has 0 saturated carbocycles. The summed E-state index contributed by atoms with van der Waals surface area (Å²) < 4.78 is 14.3. The lowest BCUT2D eigenvalue weighted by Crippen LogP contribution is -2.14. The van der Waals surface area contributed by atoms with Gasteiger partial charge in [0.2, 0.25) is 5.95 Å². The lowest BCUT2D eigenvalue weighted by Gasteiger charge is -2.05. The van der Waals surface area contributed by atoms with Crippen molar-refractivity contribution < 1.29 is 9.18 Å². The Hall–Kier alpha value is -2.34. The van der Waals surface area contributed by atoms with Crippen LogP contribution in [0, 0.1) is 5.95 Å². The topological polar surface area (TPSA) is 54.9 Å². The van der Waals surface area contributed by atoms with Gasteiger partial charge in [-0.1, -0.05) is 0 Å². The van der Waals surface area contributed by atoms with E-state index in [2.05, 4.69) is 15.3 Å². The van der Waals surface area contributed by atoms with E-state index >= 15 is 0 Å². The van der Waals surface area contributed by atoms with Gasteiger partial charge in [-0.05, 0) is 30.3 Å². The third kappa shape index (κ3) is 2.30. The number of nitrogens with zero attached hydrogens (tertiary/aromatic N) is 2. The largest absolute Gasteiger partial charge is 0.322 e. The predicted molar refractivity (Wildman–Crippen MR) is 71.8 cm³/mol. The van der Waals surface area contributed by atoms with Crippen molar-refractivity contribution in [3.8, 4) is 0 Å². The molecule has 2 heterocycles. The number of amides is 1. The maximum absolute atomic E-state index is 13.4. The molecule has 1 N–H and O–H groups in total. The van der Waals surface area contributed by atoms with Crippen LogP contribution in [-0.4, -0.2) is 15.9 Å². The van der Waals surface area contributed by atoms with E-state index in [0.717, 1.165) is 10.2 Å². The van der Waals surface area contributed by atoms with Crippen molar-refractivity contribution >= 4 is 33.1 Å². The van der Waals surface area contributed by atoms with Gasteiger partial charge in [0.1, 0.15) is 0 Å². The second kappa shape index (κ2) is 4.74. The lowest BCUT2D eigenvalue weighted by atomic mass is 10.2. The van der Waals surface area contributed by atoms with Crippen LogP contribution in [0.4, 0.5) is 10.1 Å². The van der Waals surface area contributed by atoms with Gasteiger partial charge >= 0.3 is 0 Å². The molecule has 0 saturated heterocycles. The van der Waals surface area contributed by atoms with Crippen molar-refractivity contribution in [1.82, 2.24) is 9.97 Å². The van der Waals surface area contributed by atoms with Crippen LogP contribution in [0.3, 0.4) is 0 Å². The van der Waals surface area contributed by atoms with Crippen molar-refractivity contribution in [2.24, 2.45) is 0 Å². The summed E-state index contributed by atoms with van der Waals surface area (Å²) in [5.41, 5.74) is 3.13. The normalized spacial score (nSPS) is 10.6. The van der Waals surface area contributed by atoms with E-state index in [9.17, 15) is 9.18 Å². The molecule has 94 valence electrons. The van der Waals surface area contributed by atoms with Gasteiger partial charge in [0.25, 0.3) is 5.91 Å². The average molecular weight is 273 g/mol. The van der Waals surface area contributed by atoms with E-state index in [4.69, 9.17) is 0 Å². The third-order valence-corrected chi connectivity index (χ3v) is 3.38. The van der Waals surface area contributed by atoms with E-state index in [1.165, 1.54) is 29.7 Å². The highest BCUT2D eigenvalue weighted by molar-refractivity contribution is 7.16. The van der Waals surface area contributed by atoms with Crippen molar-refractivity contribution in [2.45, 2.75) is 0 Å². The highest BCUT2D eigenvalue weighted by Gasteiger charge is 2.12. The molecule has 2 aromatic heterocycles. The summed E-state index contributed by atoms with van der Waals surface area (Å²) in [5, 5.41) is 2.64. The van der Waals surface area contributed by atoms with Gasteiger partial charge < -0.3 is 5.32 Å². The zero-order valence-electron chi connectivity index (χ0n) is 9.63. The molecule has 1 aromatic carbocycles. The van der Waals surface area contributed by atoms with E-state index in [0.29, 0.717) is 5.69 Å². The number of anilines is 1. The predicted octanol–water partition coefficient (Wildman–Crippen LogP) is 3.08. The van der Waals surface area contributed by atoms with Crippen LogP contribution in [0.5, 0.6) is 0 Å². The van der Waals surface area contributed by atoms with Crippen LogP contribution in [0.15, 0.2) is 42.0 Å². The number of rotatable bonds is 2. The minimum atomic E-state index is -0.779. The number of fused-ring (bicyclic) bond motifs is 1. The molecule has 0 radical (unpaired) electrons. The molecule has 6 heteroatoms. The molecule has 4 nitrogen and oxygen atoms in total. The third-order valence-electron chi connectivity index (χ3n) is 2.59. The first kappa shape index (κ1) is 11.7. The zero-order chi connectivity index (χ0) is 13.2. The number of thiazole rings is 1. The van der Waals surface area contributed by atoms with Gasteiger partial charge in [0, 0.05) is 11.9 Å². The molecule has 0 spiro atoms. The highest BCUT2D eigenvalue weighted by Crippen LogP contribution is 2.22. The average Bonchev–Trinajstić information content (AvgIpc) is 2.86. The molecule has 0 unspecified atom stereocenters. The first-order valence-electron chi connectivity index (χ1n) is 5.49. The fraction of sp³-hybridized carbons (Fsp3) is 0. The van der Waals surface area contributed by atoms with E-state index in [1.54, 1.807) is 23.7 Å². The lowest BCUT2D eigenvalue weighted by molar-refractivity contribution is 0.102. The quantitative estimate of drug-likeness (QED) is 0.730. The molecule has 3 rings (SSSR count). The van der Waals surface area contributed by atoms with E-state index < -0.39 is 11.9 Å². The van der Waals surface area contributed by atoms with Gasteiger partial charge in [-0.25, -0.2) is 9.97 Å². The molecule has 0 aliphatic heterocycles. The summed E-state index contributed by atoms with van der Waals surface area (Å²) >= 11 is 1.48. The number of pyridine rings is 1. The standard InChI is InChI=1S/C13H8FN3OS/c14-12-9(2-1-5-15-12)13(18)17-8-3-4-10-11(6-8)19-7-16-10/h1-7H,(H,17,18). The number of carbonyl (C=O) groups is 1. The summed E-state index contributed by atoms with van der Waals surface area (Å²) in [6.07, 6.45) is 1.30. The molecule has 0 aliphatic rings. The van der Waals surface area contributed by atoms with Gasteiger partial charge in [-0.15, -0.1) is 11.3 Å². The van der Waals surface area contributed by atoms with Crippen LogP contribution < -0.4 is 5.32 Å². The molecule has 3 aromatic rings. The maximum Gasteiger partial charge on any atom is 0.260 e. The van der Waals surface area contributed by atoms with Crippen molar-refractivity contribution in [2.75, 3.05) is 5.32 Å². The fourth-order valence-electron chi connectivity index (χ4n) is 1.69. The Morgan fingerprint density at radius 1 is 1.26 bits per heavy atom. The van der Waals surface area contributed by atoms with Crippen molar-refractivity contribution in [1.29, 1.82) is 0 Å². The van der Waals surface area contributed by atoms with Crippen LogP contribution in [0.25, 0.3) is 10.2 Å². The summed E-state index contributed by atoms with van der Waals surface area (Å²) in [5.74, 6) is -1.30. The monoisotopic (exact) mass is 273 g/mol. The molecular formula is C13H8FN3OS. The summed E-state index contributed by atoms with van der Waals surface area (Å²) in [4.78, 5) is 19.5. The Bertz CT molecular complexity index is 756. The van der Waals surface area contributed by atoms with Gasteiger partial charge in [0.15, 0.2) is 0 Å². The number of benzene rings is 1. The molecule has 0 atom stereocenters. The number of carbonyl (C=O) groups excluding carboxylic acids is 1. The van der Waals surface area contributed by atoms with Crippen molar-refractivity contribution in [3.05, 3.63) is 53.6 Å². The summed E-state index contributed by atoms with van der Waals surface area (Å²) in [6.45, 7) is 0. The van der Waals surface area contributed by atoms with Crippen LogP contribution in [0.1, 0.15) is 10.4 Å². The highest BCUT2D eigenvalue weighted by atomic mass is 32.1. The second-order valence-corrected chi connectivity index (χ2v) is 4.72. The Balaban J connectivity index is 1.88. The molecule has 0 fully saturated rings. The minimum absolute atomic E-state index is 0.0769. The van der Waals surface area contributed by atoms with Gasteiger partial charge in [-0.3, -0.25) is 4.79 Å². The SMILES string of the molecule is O=C(Nc1ccc2ncsc2c1)c1cccnc1F. The zero-order valence-corrected chi connectivity index (χ0v) is 10.4. The number of nitrogens with one attached hydrogen (secondary N) is 1. The van der Waals surface area contributed by atoms with Crippen LogP contribution in [0.2, 0.25) is 0 Å². The Labute approximate surface area is 111 Å². The Morgan fingerprint density at radius 3 is 3.00 bits per heavy atom. The Morgan fingerprint density at radius 2 is 2.16 bits per heavy atom. The van der Waals surface area contributed by atoms with Crippen LogP contribution >= 0.6 is 11.3 Å². The number of aromatic nitrogens is 2. The number of halogens is 1. The minimum Gasteiger partial charge on any atom is -0.322 e. The molecule has 1 amide bonds. The van der Waals surface area contributed by atoms with E-state index in [1.807, 2.05) is 0 Å². The van der Waals surface area contributed by atoms with Gasteiger partial charge in [0.05, 0.1) is 21.3 Å². The van der Waals surface area contributed by atoms with Crippen molar-refractivity contribution in [3.63, 3.8) is 0 Å². The number of hydrogen-bond acceptors (Lipinski definition) is 4. The molecule has 19 heavy (non-hydrogen) atoms. The van der Waals surface area contributed by atoms with E-state index in [-0.39, 0.29) is 5.56 Å². The molecule has 0 aliphatic carbocycles.